The van der Waals surface area contributed by atoms with Crippen molar-refractivity contribution in [2.45, 2.75) is 25.4 Å². The minimum Gasteiger partial charge on any atom is -0.366 e. The highest BCUT2D eigenvalue weighted by molar-refractivity contribution is 5.97. The number of amides is 3. The van der Waals surface area contributed by atoms with Crippen LogP contribution in [0.1, 0.15) is 28.8 Å². The van der Waals surface area contributed by atoms with Gasteiger partial charge in [-0.2, -0.15) is 0 Å². The second-order valence-corrected chi connectivity index (χ2v) is 5.83. The molecule has 3 amide bonds. The molecule has 1 aromatic carbocycles. The van der Waals surface area contributed by atoms with Crippen molar-refractivity contribution < 1.29 is 9.59 Å². The predicted molar refractivity (Wildman–Crippen MR) is 80.0 cm³/mol. The Hall–Kier alpha value is -2.08. The molecule has 1 aromatic rings. The van der Waals surface area contributed by atoms with E-state index in [1.54, 1.807) is 12.1 Å². The second kappa shape index (κ2) is 5.37. The summed E-state index contributed by atoms with van der Waals surface area (Å²) < 4.78 is 0. The van der Waals surface area contributed by atoms with Crippen molar-refractivity contribution in [1.29, 1.82) is 0 Å². The Morgan fingerprint density at radius 3 is 2.71 bits per heavy atom. The second-order valence-electron chi connectivity index (χ2n) is 5.83. The molecule has 3 N–H and O–H groups in total. The topological polar surface area (TPSA) is 78.7 Å². The summed E-state index contributed by atoms with van der Waals surface area (Å²) in [5.41, 5.74) is 7.41. The maximum atomic E-state index is 12.3. The maximum absolute atomic E-state index is 12.3. The largest absolute Gasteiger partial charge is 0.366 e. The third kappa shape index (κ3) is 2.71. The summed E-state index contributed by atoms with van der Waals surface area (Å²) in [4.78, 5) is 27.7. The highest BCUT2D eigenvalue weighted by Crippen LogP contribution is 2.28. The van der Waals surface area contributed by atoms with Gasteiger partial charge in [-0.15, -0.1) is 0 Å². The maximum Gasteiger partial charge on any atom is 0.322 e. The Kier molecular flexibility index (Phi) is 3.55. The van der Waals surface area contributed by atoms with E-state index in [1.807, 2.05) is 11.0 Å². The molecule has 2 heterocycles. The number of nitrogens with two attached hydrogens (primary N) is 1. The van der Waals surface area contributed by atoms with Gasteiger partial charge in [0.2, 0.25) is 5.91 Å². The molecule has 0 aromatic heterocycles. The van der Waals surface area contributed by atoms with Crippen LogP contribution in [0.2, 0.25) is 0 Å². The molecule has 0 bridgehead atoms. The van der Waals surface area contributed by atoms with E-state index >= 15 is 0 Å². The Morgan fingerprint density at radius 1 is 1.33 bits per heavy atom. The summed E-state index contributed by atoms with van der Waals surface area (Å²) in [7, 11) is 2.10. The van der Waals surface area contributed by atoms with Crippen molar-refractivity contribution >= 4 is 17.6 Å². The lowest BCUT2D eigenvalue weighted by Crippen LogP contribution is -2.49. The third-order valence-electron chi connectivity index (χ3n) is 4.37. The number of nitrogens with zero attached hydrogens (tertiary/aromatic N) is 2. The van der Waals surface area contributed by atoms with Crippen molar-refractivity contribution in [3.05, 3.63) is 29.3 Å². The number of nitrogens with one attached hydrogen (secondary N) is 1. The summed E-state index contributed by atoms with van der Waals surface area (Å²) in [5.74, 6) is -0.482. The number of hydrogen-bond donors (Lipinski definition) is 2. The molecule has 2 aliphatic heterocycles. The molecule has 6 heteroatoms. The van der Waals surface area contributed by atoms with Gasteiger partial charge in [0.1, 0.15) is 0 Å². The molecule has 21 heavy (non-hydrogen) atoms. The zero-order valence-corrected chi connectivity index (χ0v) is 12.1. The van der Waals surface area contributed by atoms with Crippen LogP contribution in [0.3, 0.4) is 0 Å². The van der Waals surface area contributed by atoms with E-state index in [0.29, 0.717) is 17.8 Å². The minimum atomic E-state index is -0.482. The molecule has 0 radical (unpaired) electrons. The Bertz CT molecular complexity index is 579. The number of carbonyl (C=O) groups excluding carboxylic acids is 2. The number of carbonyl (C=O) groups is 2. The first-order valence-corrected chi connectivity index (χ1v) is 7.23. The highest BCUT2D eigenvalue weighted by Gasteiger charge is 2.31. The molecule has 2 aliphatic rings. The SMILES string of the molecule is CN1CCC(N2Cc3ccc(C(N)=O)cc3NC2=O)CC1. The van der Waals surface area contributed by atoms with Crippen LogP contribution < -0.4 is 11.1 Å². The molecule has 0 atom stereocenters. The molecule has 3 rings (SSSR count). The van der Waals surface area contributed by atoms with Crippen LogP contribution in [0.4, 0.5) is 10.5 Å². The standard InChI is InChI=1S/C15H20N4O2/c1-18-6-4-12(5-7-18)19-9-11-3-2-10(14(16)20)8-13(11)17-15(19)21/h2-3,8,12H,4-7,9H2,1H3,(H2,16,20)(H,17,21). The quantitative estimate of drug-likeness (QED) is 0.859. The molecule has 112 valence electrons. The predicted octanol–water partition coefficient (Wildman–Crippen LogP) is 1.23. The van der Waals surface area contributed by atoms with Gasteiger partial charge in [-0.25, -0.2) is 4.79 Å². The summed E-state index contributed by atoms with van der Waals surface area (Å²) in [5, 5.41) is 2.88. The third-order valence-corrected chi connectivity index (χ3v) is 4.37. The summed E-state index contributed by atoms with van der Waals surface area (Å²) in [6.45, 7) is 2.62. The summed E-state index contributed by atoms with van der Waals surface area (Å²) in [6, 6.07) is 5.44. The number of benzene rings is 1. The molecule has 1 saturated heterocycles. The zero-order valence-electron chi connectivity index (χ0n) is 12.1. The molecule has 0 unspecified atom stereocenters. The molecule has 0 aliphatic carbocycles. The van der Waals surface area contributed by atoms with E-state index < -0.39 is 5.91 Å². The van der Waals surface area contributed by atoms with Gasteiger partial charge >= 0.3 is 6.03 Å². The number of urea groups is 1. The lowest BCUT2D eigenvalue weighted by molar-refractivity contribution is 0.1000. The lowest BCUT2D eigenvalue weighted by atomic mass is 10.0. The van der Waals surface area contributed by atoms with Crippen LogP contribution in [0, 0.1) is 0 Å². The van der Waals surface area contributed by atoms with Crippen LogP contribution in [0.25, 0.3) is 0 Å². The molecular formula is C15H20N4O2. The van der Waals surface area contributed by atoms with Gasteiger partial charge in [0.05, 0.1) is 0 Å². The number of likely N-dealkylation sites (tertiary alicyclic amines) is 1. The molecular weight excluding hydrogens is 268 g/mol. The average Bonchev–Trinajstić information content (AvgIpc) is 2.47. The van der Waals surface area contributed by atoms with Gasteiger partial charge in [-0.1, -0.05) is 6.07 Å². The number of fused-ring (bicyclic) bond motifs is 1. The van der Waals surface area contributed by atoms with Crippen LogP contribution in [0.15, 0.2) is 18.2 Å². The minimum absolute atomic E-state index is 0.0846. The highest BCUT2D eigenvalue weighted by atomic mass is 16.2. The van der Waals surface area contributed by atoms with Crippen molar-refractivity contribution in [1.82, 2.24) is 9.80 Å². The molecule has 0 spiro atoms. The van der Waals surface area contributed by atoms with Gasteiger partial charge in [0.15, 0.2) is 0 Å². The fraction of sp³-hybridized carbons (Fsp3) is 0.467. The van der Waals surface area contributed by atoms with Crippen molar-refractivity contribution in [2.24, 2.45) is 5.73 Å². The fourth-order valence-electron chi connectivity index (χ4n) is 3.03. The lowest BCUT2D eigenvalue weighted by Gasteiger charge is -2.39. The number of rotatable bonds is 2. The molecule has 0 saturated carbocycles. The zero-order chi connectivity index (χ0) is 15.0. The number of piperidine rings is 1. The number of anilines is 1. The van der Waals surface area contributed by atoms with E-state index in [0.717, 1.165) is 31.5 Å². The normalized spacial score (nSPS) is 20.0. The van der Waals surface area contributed by atoms with Gasteiger partial charge in [-0.05, 0) is 50.7 Å². The first kappa shape index (κ1) is 13.9. The average molecular weight is 288 g/mol. The summed E-state index contributed by atoms with van der Waals surface area (Å²) in [6.07, 6.45) is 2.00. The van der Waals surface area contributed by atoms with Crippen LogP contribution in [-0.2, 0) is 6.54 Å². The van der Waals surface area contributed by atoms with Gasteiger partial charge < -0.3 is 20.9 Å². The van der Waals surface area contributed by atoms with Crippen LogP contribution >= 0.6 is 0 Å². The number of primary amides is 1. The Labute approximate surface area is 123 Å². The fourth-order valence-corrected chi connectivity index (χ4v) is 3.03. The van der Waals surface area contributed by atoms with Gasteiger partial charge in [0.25, 0.3) is 0 Å². The van der Waals surface area contributed by atoms with Crippen LogP contribution in [0.5, 0.6) is 0 Å². The van der Waals surface area contributed by atoms with Crippen molar-refractivity contribution in [3.8, 4) is 0 Å². The molecule has 6 nitrogen and oxygen atoms in total. The number of hydrogen-bond acceptors (Lipinski definition) is 3. The monoisotopic (exact) mass is 288 g/mol. The Balaban J connectivity index is 1.79. The van der Waals surface area contributed by atoms with E-state index in [2.05, 4.69) is 17.3 Å². The smallest absolute Gasteiger partial charge is 0.322 e. The first-order chi connectivity index (χ1) is 10.0. The van der Waals surface area contributed by atoms with Crippen molar-refractivity contribution in [2.75, 3.05) is 25.5 Å². The van der Waals surface area contributed by atoms with Crippen LogP contribution in [-0.4, -0.2) is 47.9 Å². The first-order valence-electron chi connectivity index (χ1n) is 7.23. The summed E-state index contributed by atoms with van der Waals surface area (Å²) >= 11 is 0. The molecule has 1 fully saturated rings. The Morgan fingerprint density at radius 2 is 2.05 bits per heavy atom. The van der Waals surface area contributed by atoms with E-state index in [4.69, 9.17) is 5.73 Å². The van der Waals surface area contributed by atoms with Crippen molar-refractivity contribution in [3.63, 3.8) is 0 Å². The van der Waals surface area contributed by atoms with Gasteiger partial charge in [-0.3, -0.25) is 4.79 Å². The van der Waals surface area contributed by atoms with E-state index in [9.17, 15) is 9.59 Å². The van der Waals surface area contributed by atoms with Gasteiger partial charge in [0, 0.05) is 23.8 Å². The van der Waals surface area contributed by atoms with E-state index in [1.165, 1.54) is 0 Å². The van der Waals surface area contributed by atoms with E-state index in [-0.39, 0.29) is 12.1 Å².